The average Bonchev–Trinajstić information content (AvgIpc) is 2.67. The fraction of sp³-hybridized carbons (Fsp3) is 0.600. The van der Waals surface area contributed by atoms with Crippen molar-refractivity contribution in [2.45, 2.75) is 19.8 Å². The molecule has 0 bridgehead atoms. The highest BCUT2D eigenvalue weighted by atomic mass is 16.4. The van der Waals surface area contributed by atoms with Gasteiger partial charge in [0.05, 0.1) is 18.4 Å². The van der Waals surface area contributed by atoms with E-state index < -0.39 is 11.4 Å². The van der Waals surface area contributed by atoms with Crippen molar-refractivity contribution in [2.24, 2.45) is 10.4 Å². The third-order valence-corrected chi connectivity index (χ3v) is 2.63. The highest BCUT2D eigenvalue weighted by Crippen LogP contribution is 2.30. The van der Waals surface area contributed by atoms with E-state index in [0.29, 0.717) is 6.42 Å². The number of aliphatic carboxylic acids is 1. The van der Waals surface area contributed by atoms with E-state index in [-0.39, 0.29) is 6.42 Å². The number of hydrogen-bond acceptors (Lipinski definition) is 3. The van der Waals surface area contributed by atoms with E-state index >= 15 is 0 Å². The monoisotopic (exact) mass is 196 g/mol. The summed E-state index contributed by atoms with van der Waals surface area (Å²) in [7, 11) is 0. The Labute approximate surface area is 83.7 Å². The first-order chi connectivity index (χ1) is 6.64. The van der Waals surface area contributed by atoms with Gasteiger partial charge in [0.2, 0.25) is 0 Å². The summed E-state index contributed by atoms with van der Waals surface area (Å²) in [5.41, 5.74) is -0.512. The predicted molar refractivity (Wildman–Crippen MR) is 55.5 cm³/mol. The number of nitrogens with one attached hydrogen (secondary N) is 1. The number of nitrogens with zero attached hydrogens (tertiary/aromatic N) is 1. The van der Waals surface area contributed by atoms with Gasteiger partial charge in [0.1, 0.15) is 5.84 Å². The van der Waals surface area contributed by atoms with E-state index in [0.717, 1.165) is 18.9 Å². The molecule has 14 heavy (non-hydrogen) atoms. The molecule has 0 aromatic carbocycles. The van der Waals surface area contributed by atoms with Crippen LogP contribution < -0.4 is 5.32 Å². The predicted octanol–water partition coefficient (Wildman–Crippen LogP) is 1.05. The van der Waals surface area contributed by atoms with Crippen LogP contribution in [0.4, 0.5) is 0 Å². The summed E-state index contributed by atoms with van der Waals surface area (Å²) in [4.78, 5) is 15.0. The molecule has 2 N–H and O–H groups in total. The van der Waals surface area contributed by atoms with Gasteiger partial charge in [0.15, 0.2) is 0 Å². The van der Waals surface area contributed by atoms with Crippen LogP contribution >= 0.6 is 0 Å². The van der Waals surface area contributed by atoms with E-state index in [2.05, 4.69) is 16.9 Å². The molecule has 0 radical (unpaired) electrons. The van der Waals surface area contributed by atoms with Crippen molar-refractivity contribution < 1.29 is 9.90 Å². The molecular formula is C10H16N2O2. The van der Waals surface area contributed by atoms with Gasteiger partial charge in [-0.2, -0.15) is 0 Å². The van der Waals surface area contributed by atoms with E-state index in [9.17, 15) is 4.79 Å². The zero-order valence-corrected chi connectivity index (χ0v) is 8.42. The Morgan fingerprint density at radius 1 is 1.86 bits per heavy atom. The lowest BCUT2D eigenvalue weighted by Gasteiger charge is -2.27. The second-order valence-corrected chi connectivity index (χ2v) is 3.44. The molecule has 1 heterocycles. The van der Waals surface area contributed by atoms with Crippen molar-refractivity contribution in [1.82, 2.24) is 5.32 Å². The first-order valence-corrected chi connectivity index (χ1v) is 4.79. The van der Waals surface area contributed by atoms with Gasteiger partial charge in [-0.05, 0) is 6.42 Å². The lowest BCUT2D eigenvalue weighted by Crippen LogP contribution is -2.38. The minimum absolute atomic E-state index is 0.0544. The number of rotatable bonds is 5. The molecule has 4 nitrogen and oxygen atoms in total. The summed E-state index contributed by atoms with van der Waals surface area (Å²) < 4.78 is 0. The third-order valence-electron chi connectivity index (χ3n) is 2.63. The first-order valence-electron chi connectivity index (χ1n) is 4.79. The molecule has 0 spiro atoms. The van der Waals surface area contributed by atoms with E-state index in [4.69, 9.17) is 5.11 Å². The molecule has 0 amide bonds. The number of hydrogen-bond donors (Lipinski definition) is 2. The standard InChI is InChI=1S/C10H16N2O2/c1-3-10(4-2,7-8(13)14)9-11-5-6-12-9/h3H,1,4-7H2,2H3,(H,11,12)(H,13,14). The summed E-state index contributed by atoms with van der Waals surface area (Å²) in [5.74, 6) is -0.0412. The van der Waals surface area contributed by atoms with Crippen molar-refractivity contribution in [3.05, 3.63) is 12.7 Å². The number of amidine groups is 1. The molecule has 0 saturated carbocycles. The fourth-order valence-electron chi connectivity index (χ4n) is 1.69. The topological polar surface area (TPSA) is 61.7 Å². The number of carboxylic acids is 1. The van der Waals surface area contributed by atoms with Crippen molar-refractivity contribution in [3.63, 3.8) is 0 Å². The number of carboxylic acid groups (broad SMARTS) is 1. The lowest BCUT2D eigenvalue weighted by molar-refractivity contribution is -0.138. The molecule has 1 aliphatic rings. The van der Waals surface area contributed by atoms with E-state index in [1.807, 2.05) is 6.92 Å². The summed E-state index contributed by atoms with van der Waals surface area (Å²) in [5, 5.41) is 12.0. The largest absolute Gasteiger partial charge is 0.481 e. The van der Waals surface area contributed by atoms with Crippen molar-refractivity contribution in [1.29, 1.82) is 0 Å². The normalized spacial score (nSPS) is 19.4. The van der Waals surface area contributed by atoms with Crippen LogP contribution in [0.3, 0.4) is 0 Å². The van der Waals surface area contributed by atoms with E-state index in [1.54, 1.807) is 6.08 Å². The summed E-state index contributed by atoms with van der Waals surface area (Å²) in [6, 6.07) is 0. The summed E-state index contributed by atoms with van der Waals surface area (Å²) >= 11 is 0. The van der Waals surface area contributed by atoms with Crippen LogP contribution in [0.15, 0.2) is 17.6 Å². The molecule has 1 unspecified atom stereocenters. The summed E-state index contributed by atoms with van der Waals surface area (Å²) in [6.45, 7) is 7.19. The Kier molecular flexibility index (Phi) is 3.28. The summed E-state index contributed by atoms with van der Waals surface area (Å²) in [6.07, 6.45) is 2.45. The van der Waals surface area contributed by atoms with Crippen LogP contribution in [0, 0.1) is 5.41 Å². The van der Waals surface area contributed by atoms with Crippen LogP contribution in [0.5, 0.6) is 0 Å². The quantitative estimate of drug-likeness (QED) is 0.646. The molecule has 1 aliphatic heterocycles. The van der Waals surface area contributed by atoms with Crippen LogP contribution in [0.2, 0.25) is 0 Å². The molecule has 1 rings (SSSR count). The Hall–Kier alpha value is -1.32. The maximum atomic E-state index is 10.8. The Morgan fingerprint density at radius 3 is 2.93 bits per heavy atom. The molecule has 4 heteroatoms. The van der Waals surface area contributed by atoms with E-state index in [1.165, 1.54) is 0 Å². The Balaban J connectivity index is 2.89. The third kappa shape index (κ3) is 1.95. The SMILES string of the molecule is C=CC(CC)(CC(=O)O)C1=NCCN1. The average molecular weight is 196 g/mol. The lowest BCUT2D eigenvalue weighted by atomic mass is 9.80. The number of carbonyl (C=O) groups is 1. The second kappa shape index (κ2) is 4.26. The van der Waals surface area contributed by atoms with Crippen LogP contribution in [0.1, 0.15) is 19.8 Å². The maximum Gasteiger partial charge on any atom is 0.304 e. The van der Waals surface area contributed by atoms with Gasteiger partial charge in [-0.15, -0.1) is 6.58 Å². The zero-order valence-electron chi connectivity index (χ0n) is 8.42. The van der Waals surface area contributed by atoms with Gasteiger partial charge in [-0.1, -0.05) is 13.0 Å². The Bertz CT molecular complexity index is 273. The highest BCUT2D eigenvalue weighted by Gasteiger charge is 2.34. The molecule has 0 aromatic heterocycles. The zero-order chi connectivity index (χ0) is 10.6. The molecule has 78 valence electrons. The number of aliphatic imine (C=N–C) groups is 1. The van der Waals surface area contributed by atoms with Crippen molar-refractivity contribution in [3.8, 4) is 0 Å². The molecule has 0 saturated heterocycles. The maximum absolute atomic E-state index is 10.8. The van der Waals surface area contributed by atoms with Gasteiger partial charge < -0.3 is 10.4 Å². The van der Waals surface area contributed by atoms with Gasteiger partial charge in [0.25, 0.3) is 0 Å². The molecule has 0 fully saturated rings. The molecule has 0 aromatic rings. The fourth-order valence-corrected chi connectivity index (χ4v) is 1.69. The minimum atomic E-state index is -0.817. The van der Waals surface area contributed by atoms with Crippen LogP contribution in [0.25, 0.3) is 0 Å². The van der Waals surface area contributed by atoms with Crippen molar-refractivity contribution >= 4 is 11.8 Å². The molecule has 1 atom stereocenters. The highest BCUT2D eigenvalue weighted by molar-refractivity contribution is 5.93. The van der Waals surface area contributed by atoms with Gasteiger partial charge >= 0.3 is 5.97 Å². The van der Waals surface area contributed by atoms with Gasteiger partial charge in [0, 0.05) is 6.54 Å². The van der Waals surface area contributed by atoms with Crippen LogP contribution in [-0.2, 0) is 4.79 Å². The molecular weight excluding hydrogens is 180 g/mol. The van der Waals surface area contributed by atoms with Gasteiger partial charge in [-0.25, -0.2) is 0 Å². The first kappa shape index (κ1) is 10.8. The Morgan fingerprint density at radius 2 is 2.57 bits per heavy atom. The van der Waals surface area contributed by atoms with Gasteiger partial charge in [-0.3, -0.25) is 9.79 Å². The van der Waals surface area contributed by atoms with Crippen LogP contribution in [-0.4, -0.2) is 30.0 Å². The molecule has 0 aliphatic carbocycles. The smallest absolute Gasteiger partial charge is 0.304 e. The van der Waals surface area contributed by atoms with Crippen molar-refractivity contribution in [2.75, 3.05) is 13.1 Å². The minimum Gasteiger partial charge on any atom is -0.481 e. The second-order valence-electron chi connectivity index (χ2n) is 3.44.